The normalized spacial score (nSPS) is 11.9. The third kappa shape index (κ3) is 3.51. The first-order chi connectivity index (χ1) is 22.8. The Labute approximate surface area is 265 Å². The fourth-order valence-corrected chi connectivity index (χ4v) is 7.53. The van der Waals surface area contributed by atoms with Gasteiger partial charge in [-0.05, 0) is 64.7 Å². The lowest BCUT2D eigenvalue weighted by Crippen LogP contribution is -1.99. The standard InChI is InChI=1S/C43H27N3/c1-2-13-29(14-3-1)45-41-24-11-9-22-38(41)44-43(45)36-19-7-6-17-32(36)31-16-5-4-15-30(31)28-25-26-40-37(27-28)35-21-12-20-34-33-18-8-10-23-39(33)46(40)42(34)35/h1-27H. The first-order valence-electron chi connectivity index (χ1n) is 15.7. The van der Waals surface area contributed by atoms with Gasteiger partial charge in [0.15, 0.2) is 0 Å². The average molecular weight is 586 g/mol. The number of aromatic nitrogens is 3. The number of hydrogen-bond acceptors (Lipinski definition) is 1. The Bertz CT molecular complexity index is 2750. The van der Waals surface area contributed by atoms with Crippen LogP contribution in [0.3, 0.4) is 0 Å². The van der Waals surface area contributed by atoms with Crippen molar-refractivity contribution in [1.29, 1.82) is 0 Å². The molecule has 0 bridgehead atoms. The van der Waals surface area contributed by atoms with Crippen molar-refractivity contribution in [3.8, 4) is 39.3 Å². The van der Waals surface area contributed by atoms with Crippen LogP contribution in [-0.2, 0) is 0 Å². The van der Waals surface area contributed by atoms with E-state index in [1.165, 1.54) is 54.8 Å². The molecule has 0 atom stereocenters. The molecule has 3 nitrogen and oxygen atoms in total. The summed E-state index contributed by atoms with van der Waals surface area (Å²) in [5.41, 5.74) is 12.8. The van der Waals surface area contributed by atoms with Crippen molar-refractivity contribution in [2.24, 2.45) is 0 Å². The lowest BCUT2D eigenvalue weighted by atomic mass is 9.91. The third-order valence-corrected chi connectivity index (χ3v) is 9.49. The van der Waals surface area contributed by atoms with Crippen molar-refractivity contribution in [3.05, 3.63) is 164 Å². The summed E-state index contributed by atoms with van der Waals surface area (Å²) in [5.74, 6) is 0.935. The third-order valence-electron chi connectivity index (χ3n) is 9.49. The van der Waals surface area contributed by atoms with Crippen LogP contribution in [0.2, 0.25) is 0 Å². The van der Waals surface area contributed by atoms with E-state index in [1.54, 1.807) is 0 Å². The fraction of sp³-hybridized carbons (Fsp3) is 0. The van der Waals surface area contributed by atoms with E-state index in [4.69, 9.17) is 4.98 Å². The molecule has 0 N–H and O–H groups in total. The molecule has 0 aliphatic rings. The molecule has 0 fully saturated rings. The number of hydrogen-bond donors (Lipinski definition) is 0. The topological polar surface area (TPSA) is 22.2 Å². The maximum absolute atomic E-state index is 5.22. The Hall–Kier alpha value is -6.19. The molecule has 46 heavy (non-hydrogen) atoms. The number of nitrogens with zero attached hydrogens (tertiary/aromatic N) is 3. The zero-order valence-corrected chi connectivity index (χ0v) is 24.9. The van der Waals surface area contributed by atoms with E-state index in [-0.39, 0.29) is 0 Å². The van der Waals surface area contributed by atoms with Gasteiger partial charge in [0.25, 0.3) is 0 Å². The molecule has 7 aromatic carbocycles. The van der Waals surface area contributed by atoms with E-state index in [0.717, 1.165) is 33.7 Å². The van der Waals surface area contributed by atoms with Gasteiger partial charge in [0.05, 0.1) is 27.6 Å². The number of benzene rings is 7. The second-order valence-electron chi connectivity index (χ2n) is 12.0. The van der Waals surface area contributed by atoms with Crippen LogP contribution in [0.1, 0.15) is 0 Å². The minimum atomic E-state index is 0.935. The van der Waals surface area contributed by atoms with Crippen LogP contribution < -0.4 is 0 Å². The summed E-state index contributed by atoms with van der Waals surface area (Å²) >= 11 is 0. The molecule has 0 amide bonds. The molecule has 3 heteroatoms. The number of para-hydroxylation sites is 5. The van der Waals surface area contributed by atoms with Crippen LogP contribution in [0, 0.1) is 0 Å². The maximum Gasteiger partial charge on any atom is 0.146 e. The van der Waals surface area contributed by atoms with Crippen LogP contribution >= 0.6 is 0 Å². The van der Waals surface area contributed by atoms with Gasteiger partial charge >= 0.3 is 0 Å². The molecule has 214 valence electrons. The largest absolute Gasteiger partial charge is 0.308 e. The molecule has 10 aromatic rings. The summed E-state index contributed by atoms with van der Waals surface area (Å²) in [5, 5.41) is 5.18. The summed E-state index contributed by atoms with van der Waals surface area (Å²) in [7, 11) is 0. The van der Waals surface area contributed by atoms with E-state index in [2.05, 4.69) is 173 Å². The molecular formula is C43H27N3. The van der Waals surface area contributed by atoms with Crippen LogP contribution in [0.4, 0.5) is 0 Å². The van der Waals surface area contributed by atoms with Crippen molar-refractivity contribution < 1.29 is 0 Å². The van der Waals surface area contributed by atoms with Crippen molar-refractivity contribution in [2.45, 2.75) is 0 Å². The molecule has 0 aliphatic heterocycles. The lowest BCUT2D eigenvalue weighted by Gasteiger charge is -2.16. The van der Waals surface area contributed by atoms with Crippen LogP contribution in [0.25, 0.3) is 88.5 Å². The summed E-state index contributed by atoms with van der Waals surface area (Å²) in [4.78, 5) is 5.22. The van der Waals surface area contributed by atoms with Gasteiger partial charge in [-0.3, -0.25) is 4.57 Å². The zero-order chi connectivity index (χ0) is 30.2. The Morgan fingerprint density at radius 1 is 0.391 bits per heavy atom. The molecule has 0 spiro atoms. The van der Waals surface area contributed by atoms with Gasteiger partial charge in [-0.2, -0.15) is 0 Å². The quantitative estimate of drug-likeness (QED) is 0.201. The maximum atomic E-state index is 5.22. The van der Waals surface area contributed by atoms with E-state index in [0.29, 0.717) is 0 Å². The molecule has 3 heterocycles. The van der Waals surface area contributed by atoms with Gasteiger partial charge in [-0.1, -0.05) is 121 Å². The molecule has 0 saturated heterocycles. The van der Waals surface area contributed by atoms with Crippen LogP contribution in [-0.4, -0.2) is 14.0 Å². The molecule has 0 aliphatic carbocycles. The Kier molecular flexibility index (Phi) is 5.28. The second-order valence-corrected chi connectivity index (χ2v) is 12.0. The van der Waals surface area contributed by atoms with Crippen LogP contribution in [0.5, 0.6) is 0 Å². The highest BCUT2D eigenvalue weighted by molar-refractivity contribution is 6.23. The van der Waals surface area contributed by atoms with Gasteiger partial charge in [-0.25, -0.2) is 4.98 Å². The predicted octanol–water partition coefficient (Wildman–Crippen LogP) is 11.2. The van der Waals surface area contributed by atoms with Crippen LogP contribution in [0.15, 0.2) is 164 Å². The molecule has 0 saturated carbocycles. The van der Waals surface area contributed by atoms with Gasteiger partial charge < -0.3 is 4.40 Å². The minimum Gasteiger partial charge on any atom is -0.308 e. The molecule has 0 radical (unpaired) electrons. The lowest BCUT2D eigenvalue weighted by molar-refractivity contribution is 1.10. The fourth-order valence-electron chi connectivity index (χ4n) is 7.53. The van der Waals surface area contributed by atoms with Gasteiger partial charge in [0.2, 0.25) is 0 Å². The van der Waals surface area contributed by atoms with Crippen molar-refractivity contribution >= 4 is 49.1 Å². The molecule has 0 unspecified atom stereocenters. The summed E-state index contributed by atoms with van der Waals surface area (Å²) < 4.78 is 4.72. The first kappa shape index (κ1) is 25.2. The summed E-state index contributed by atoms with van der Waals surface area (Å²) in [6.45, 7) is 0. The molecular weight excluding hydrogens is 558 g/mol. The number of fused-ring (bicyclic) bond motifs is 7. The van der Waals surface area contributed by atoms with E-state index < -0.39 is 0 Å². The molecule has 3 aromatic heterocycles. The van der Waals surface area contributed by atoms with Crippen molar-refractivity contribution in [3.63, 3.8) is 0 Å². The number of rotatable bonds is 4. The molecule has 10 rings (SSSR count). The zero-order valence-electron chi connectivity index (χ0n) is 24.9. The second kappa shape index (κ2) is 9.65. The highest BCUT2D eigenvalue weighted by atomic mass is 15.1. The van der Waals surface area contributed by atoms with Crippen molar-refractivity contribution in [1.82, 2.24) is 14.0 Å². The predicted molar refractivity (Wildman–Crippen MR) is 192 cm³/mol. The highest BCUT2D eigenvalue weighted by Gasteiger charge is 2.21. The Balaban J connectivity index is 1.20. The van der Waals surface area contributed by atoms with E-state index >= 15 is 0 Å². The first-order valence-corrected chi connectivity index (χ1v) is 15.7. The van der Waals surface area contributed by atoms with E-state index in [1.807, 2.05) is 0 Å². The van der Waals surface area contributed by atoms with E-state index in [9.17, 15) is 0 Å². The van der Waals surface area contributed by atoms with Gasteiger partial charge in [0.1, 0.15) is 5.82 Å². The Morgan fingerprint density at radius 2 is 0.978 bits per heavy atom. The smallest absolute Gasteiger partial charge is 0.146 e. The number of imidazole rings is 1. The summed E-state index contributed by atoms with van der Waals surface area (Å²) in [6.07, 6.45) is 0. The van der Waals surface area contributed by atoms with Gasteiger partial charge in [0, 0.05) is 32.8 Å². The van der Waals surface area contributed by atoms with Crippen molar-refractivity contribution in [2.75, 3.05) is 0 Å². The highest BCUT2D eigenvalue weighted by Crippen LogP contribution is 2.43. The summed E-state index contributed by atoms with van der Waals surface area (Å²) in [6, 6.07) is 58.8. The minimum absolute atomic E-state index is 0.935. The monoisotopic (exact) mass is 585 g/mol. The Morgan fingerprint density at radius 3 is 1.80 bits per heavy atom. The SMILES string of the molecule is c1ccc(-n2c(-c3ccccc3-c3ccccc3-c3ccc4c(c3)c3cccc5c6ccccc6n4c53)nc3ccccc32)cc1. The average Bonchev–Trinajstić information content (AvgIpc) is 3.79. The van der Waals surface area contributed by atoms with Gasteiger partial charge in [-0.15, -0.1) is 0 Å².